The van der Waals surface area contributed by atoms with Gasteiger partial charge in [0.2, 0.25) is 0 Å². The van der Waals surface area contributed by atoms with Crippen LogP contribution in [0, 0.1) is 13.8 Å². The predicted molar refractivity (Wildman–Crippen MR) is 71.1 cm³/mol. The van der Waals surface area contributed by atoms with E-state index in [0.29, 0.717) is 6.42 Å². The summed E-state index contributed by atoms with van der Waals surface area (Å²) in [5.41, 5.74) is 3.88. The fourth-order valence-electron chi connectivity index (χ4n) is 1.99. The Morgan fingerprint density at radius 2 is 2.28 bits per heavy atom. The van der Waals surface area contributed by atoms with Crippen molar-refractivity contribution in [2.75, 3.05) is 0 Å². The smallest absolute Gasteiger partial charge is 0.138 e. The number of nitrogens with one attached hydrogen (secondary N) is 1. The summed E-state index contributed by atoms with van der Waals surface area (Å²) in [7, 11) is 0. The number of hydrogen-bond acceptors (Lipinski definition) is 6. The van der Waals surface area contributed by atoms with Crippen LogP contribution in [0.4, 0.5) is 0 Å². The number of nitrogens with two attached hydrogens (primary N) is 1. The molecular formula is C11H18N6S. The average molecular weight is 266 g/mol. The summed E-state index contributed by atoms with van der Waals surface area (Å²) in [6, 6.07) is 0.0331. The molecule has 2 aromatic rings. The molecule has 0 bridgehead atoms. The molecule has 7 heteroatoms. The fourth-order valence-corrected chi connectivity index (χ4v) is 2.98. The van der Waals surface area contributed by atoms with Crippen LogP contribution in [0.25, 0.3) is 0 Å². The molecule has 0 fully saturated rings. The second kappa shape index (κ2) is 5.55. The van der Waals surface area contributed by atoms with Gasteiger partial charge in [0.15, 0.2) is 0 Å². The third-order valence-electron chi connectivity index (χ3n) is 2.84. The van der Waals surface area contributed by atoms with Crippen LogP contribution in [-0.4, -0.2) is 19.7 Å². The molecule has 1 atom stereocenters. The van der Waals surface area contributed by atoms with Crippen molar-refractivity contribution in [3.05, 3.63) is 27.7 Å². The van der Waals surface area contributed by atoms with E-state index in [0.717, 1.165) is 23.1 Å². The maximum Gasteiger partial charge on any atom is 0.138 e. The minimum atomic E-state index is 0.0331. The zero-order valence-corrected chi connectivity index (χ0v) is 11.7. The molecule has 0 saturated heterocycles. The van der Waals surface area contributed by atoms with Crippen LogP contribution >= 0.6 is 11.3 Å². The van der Waals surface area contributed by atoms with E-state index in [1.54, 1.807) is 17.7 Å². The molecule has 0 aromatic carbocycles. The van der Waals surface area contributed by atoms with Gasteiger partial charge in [-0.1, -0.05) is 0 Å². The minimum absolute atomic E-state index is 0.0331. The van der Waals surface area contributed by atoms with Crippen molar-refractivity contribution in [2.24, 2.45) is 5.84 Å². The normalized spacial score (nSPS) is 12.9. The van der Waals surface area contributed by atoms with Crippen LogP contribution in [0.2, 0.25) is 0 Å². The number of aromatic nitrogens is 4. The van der Waals surface area contributed by atoms with Gasteiger partial charge in [0, 0.05) is 17.8 Å². The highest BCUT2D eigenvalue weighted by molar-refractivity contribution is 7.11. The first-order chi connectivity index (χ1) is 8.65. The zero-order chi connectivity index (χ0) is 13.1. The lowest BCUT2D eigenvalue weighted by molar-refractivity contribution is 0.514. The minimum Gasteiger partial charge on any atom is -0.271 e. The summed E-state index contributed by atoms with van der Waals surface area (Å²) >= 11 is 1.67. The van der Waals surface area contributed by atoms with Gasteiger partial charge in [-0.2, -0.15) is 5.10 Å². The van der Waals surface area contributed by atoms with Gasteiger partial charge >= 0.3 is 0 Å². The Hall–Kier alpha value is -1.31. The summed E-state index contributed by atoms with van der Waals surface area (Å²) < 4.78 is 1.88. The Kier molecular flexibility index (Phi) is 4.05. The summed E-state index contributed by atoms with van der Waals surface area (Å²) in [5, 5.41) is 5.22. The molecule has 0 amide bonds. The van der Waals surface area contributed by atoms with Gasteiger partial charge in [0.1, 0.15) is 12.2 Å². The summed E-state index contributed by atoms with van der Waals surface area (Å²) in [4.78, 5) is 9.88. The first-order valence-electron chi connectivity index (χ1n) is 5.92. The first kappa shape index (κ1) is 13.1. The fraction of sp³-hybridized carbons (Fsp3) is 0.545. The predicted octanol–water partition coefficient (Wildman–Crippen LogP) is 1.12. The van der Waals surface area contributed by atoms with Crippen molar-refractivity contribution in [3.8, 4) is 0 Å². The van der Waals surface area contributed by atoms with Gasteiger partial charge in [-0.25, -0.2) is 9.97 Å². The Balaban J connectivity index is 2.22. The molecule has 98 valence electrons. The molecule has 0 aliphatic rings. The SMILES string of the molecule is CCn1ncnc1CC(NN)c1sc(C)nc1C. The Morgan fingerprint density at radius 1 is 1.50 bits per heavy atom. The second-order valence-electron chi connectivity index (χ2n) is 4.10. The van der Waals surface area contributed by atoms with E-state index < -0.39 is 0 Å². The van der Waals surface area contributed by atoms with Crippen LogP contribution in [-0.2, 0) is 13.0 Å². The van der Waals surface area contributed by atoms with E-state index in [2.05, 4.69) is 20.5 Å². The quantitative estimate of drug-likeness (QED) is 0.626. The van der Waals surface area contributed by atoms with E-state index in [1.165, 1.54) is 4.88 Å². The van der Waals surface area contributed by atoms with E-state index in [4.69, 9.17) is 5.84 Å². The maximum atomic E-state index is 5.66. The number of nitrogens with zero attached hydrogens (tertiary/aromatic N) is 4. The van der Waals surface area contributed by atoms with Gasteiger partial charge in [-0.05, 0) is 20.8 Å². The standard InChI is InChI=1S/C11H18N6S/c1-4-17-10(13-6-14-17)5-9(16-12)11-7(2)15-8(3)18-11/h6,9,16H,4-5,12H2,1-3H3. The number of aryl methyl sites for hydroxylation is 3. The summed E-state index contributed by atoms with van der Waals surface area (Å²) in [6.07, 6.45) is 2.30. The summed E-state index contributed by atoms with van der Waals surface area (Å²) in [6.45, 7) is 6.87. The van der Waals surface area contributed by atoms with Crippen molar-refractivity contribution in [1.29, 1.82) is 0 Å². The second-order valence-corrected chi connectivity index (χ2v) is 5.33. The first-order valence-corrected chi connectivity index (χ1v) is 6.74. The molecule has 0 aliphatic heterocycles. The highest BCUT2D eigenvalue weighted by Crippen LogP contribution is 2.26. The molecule has 0 spiro atoms. The van der Waals surface area contributed by atoms with E-state index in [-0.39, 0.29) is 6.04 Å². The lowest BCUT2D eigenvalue weighted by Gasteiger charge is -2.14. The molecule has 18 heavy (non-hydrogen) atoms. The third-order valence-corrected chi connectivity index (χ3v) is 4.03. The Bertz CT molecular complexity index is 517. The lowest BCUT2D eigenvalue weighted by atomic mass is 10.1. The molecule has 2 rings (SSSR count). The zero-order valence-electron chi connectivity index (χ0n) is 10.8. The molecule has 0 aliphatic carbocycles. The van der Waals surface area contributed by atoms with Crippen LogP contribution in [0.15, 0.2) is 6.33 Å². The summed E-state index contributed by atoms with van der Waals surface area (Å²) in [5.74, 6) is 6.60. The monoisotopic (exact) mass is 266 g/mol. The molecular weight excluding hydrogens is 248 g/mol. The molecule has 1 unspecified atom stereocenters. The van der Waals surface area contributed by atoms with E-state index in [9.17, 15) is 0 Å². The van der Waals surface area contributed by atoms with Gasteiger partial charge in [-0.15, -0.1) is 11.3 Å². The van der Waals surface area contributed by atoms with Crippen LogP contribution < -0.4 is 11.3 Å². The number of hydrazine groups is 1. The largest absolute Gasteiger partial charge is 0.271 e. The lowest BCUT2D eigenvalue weighted by Crippen LogP contribution is -2.30. The number of thiazole rings is 1. The molecule has 0 radical (unpaired) electrons. The molecule has 0 saturated carbocycles. The van der Waals surface area contributed by atoms with Crippen LogP contribution in [0.3, 0.4) is 0 Å². The van der Waals surface area contributed by atoms with Crippen LogP contribution in [0.1, 0.15) is 34.4 Å². The van der Waals surface area contributed by atoms with Crippen molar-refractivity contribution in [3.63, 3.8) is 0 Å². The number of hydrogen-bond donors (Lipinski definition) is 2. The van der Waals surface area contributed by atoms with Gasteiger partial charge < -0.3 is 0 Å². The van der Waals surface area contributed by atoms with Crippen LogP contribution in [0.5, 0.6) is 0 Å². The van der Waals surface area contributed by atoms with Gasteiger partial charge in [0.25, 0.3) is 0 Å². The molecule has 2 aromatic heterocycles. The topological polar surface area (TPSA) is 81.7 Å². The van der Waals surface area contributed by atoms with E-state index >= 15 is 0 Å². The van der Waals surface area contributed by atoms with E-state index in [1.807, 2.05) is 25.5 Å². The van der Waals surface area contributed by atoms with Crippen molar-refractivity contribution in [1.82, 2.24) is 25.2 Å². The van der Waals surface area contributed by atoms with Gasteiger partial charge in [0.05, 0.1) is 16.7 Å². The highest BCUT2D eigenvalue weighted by atomic mass is 32.1. The molecule has 3 N–H and O–H groups in total. The average Bonchev–Trinajstić information content (AvgIpc) is 2.92. The van der Waals surface area contributed by atoms with Crippen molar-refractivity contribution in [2.45, 2.75) is 39.8 Å². The molecule has 6 nitrogen and oxygen atoms in total. The number of rotatable bonds is 5. The Morgan fingerprint density at radius 3 is 2.83 bits per heavy atom. The third kappa shape index (κ3) is 2.58. The maximum absolute atomic E-state index is 5.66. The highest BCUT2D eigenvalue weighted by Gasteiger charge is 2.19. The van der Waals surface area contributed by atoms with Crippen molar-refractivity contribution < 1.29 is 0 Å². The van der Waals surface area contributed by atoms with Crippen molar-refractivity contribution >= 4 is 11.3 Å². The molecule has 2 heterocycles. The Labute approximate surface area is 110 Å². The van der Waals surface area contributed by atoms with Gasteiger partial charge in [-0.3, -0.25) is 16.0 Å².